The van der Waals surface area contributed by atoms with Crippen LogP contribution in [-0.2, 0) is 0 Å². The molecular weight excluding hydrogens is 364 g/mol. The smallest absolute Gasteiger partial charge is 0.142 e. The van der Waals surface area contributed by atoms with Gasteiger partial charge in [0.15, 0.2) is 0 Å². The number of methoxy groups -OCH3 is 1. The average molecular weight is 398 g/mol. The van der Waals surface area contributed by atoms with E-state index < -0.39 is 19.1 Å². The lowest BCUT2D eigenvalue weighted by molar-refractivity contribution is 0.0668. The van der Waals surface area contributed by atoms with Crippen molar-refractivity contribution in [1.82, 2.24) is 4.90 Å². The van der Waals surface area contributed by atoms with Crippen molar-refractivity contribution in [2.75, 3.05) is 51.2 Å². The molecule has 1 unspecified atom stereocenters. The summed E-state index contributed by atoms with van der Waals surface area (Å²) in [5.41, 5.74) is 0.876. The van der Waals surface area contributed by atoms with Crippen LogP contribution in [0, 0.1) is 0 Å². The molecule has 3 aromatic rings. The molecule has 4 rings (SSSR count). The highest BCUT2D eigenvalue weighted by Gasteiger charge is 2.21. The number of para-hydroxylation sites is 2. The summed E-state index contributed by atoms with van der Waals surface area (Å²) in [5.74, 6) is 0.835. The Kier molecular flexibility index (Phi) is 4.50. The van der Waals surface area contributed by atoms with Gasteiger partial charge in [-0.15, -0.1) is 0 Å². The van der Waals surface area contributed by atoms with Gasteiger partial charge in [0.05, 0.1) is 16.9 Å². The molecule has 0 bridgehead atoms. The van der Waals surface area contributed by atoms with Crippen LogP contribution in [0.2, 0.25) is 0 Å². The Balaban J connectivity index is 1.52. The van der Waals surface area contributed by atoms with E-state index in [1.807, 2.05) is 47.4 Å². The second kappa shape index (κ2) is 9.16. The molecule has 1 saturated heterocycles. The quantitative estimate of drug-likeness (QED) is 0.662. The zero-order valence-electron chi connectivity index (χ0n) is 21.3. The number of nitrogens with zero attached hydrogens (tertiary/aromatic N) is 2. The highest BCUT2D eigenvalue weighted by Crippen LogP contribution is 2.28. The number of ether oxygens (including phenoxy) is 2. The lowest BCUT2D eigenvalue weighted by Gasteiger charge is -2.37. The summed E-state index contributed by atoms with van der Waals surface area (Å²) in [6.45, 7) is -4.58. The van der Waals surface area contributed by atoms with Gasteiger partial charge in [-0.1, -0.05) is 48.5 Å². The predicted molar refractivity (Wildman–Crippen MR) is 117 cm³/mol. The Bertz CT molecular complexity index is 1140. The molecule has 1 atom stereocenters. The topological polar surface area (TPSA) is 45.2 Å². The van der Waals surface area contributed by atoms with Gasteiger partial charge in [-0.2, -0.15) is 0 Å². The van der Waals surface area contributed by atoms with E-state index in [2.05, 4.69) is 0 Å². The minimum atomic E-state index is -3.22. The molecule has 3 aromatic carbocycles. The molecule has 29 heavy (non-hydrogen) atoms. The summed E-state index contributed by atoms with van der Waals surface area (Å²) >= 11 is 0. The number of piperazine rings is 1. The Hall–Kier alpha value is -2.76. The number of hydrogen-bond donors (Lipinski definition) is 1. The Morgan fingerprint density at radius 1 is 0.966 bits per heavy atom. The highest BCUT2D eigenvalue weighted by atomic mass is 16.5. The van der Waals surface area contributed by atoms with Gasteiger partial charge in [-0.05, 0) is 23.6 Å². The number of aliphatic hydroxyl groups is 1. The van der Waals surface area contributed by atoms with E-state index in [1.54, 1.807) is 25.3 Å². The zero-order valence-corrected chi connectivity index (χ0v) is 16.3. The number of benzene rings is 3. The van der Waals surface area contributed by atoms with Gasteiger partial charge in [0.25, 0.3) is 0 Å². The zero-order chi connectivity index (χ0) is 24.6. The van der Waals surface area contributed by atoms with Gasteiger partial charge in [0.1, 0.15) is 24.1 Å². The molecule has 5 nitrogen and oxygen atoms in total. The van der Waals surface area contributed by atoms with Crippen molar-refractivity contribution in [3.05, 3.63) is 66.7 Å². The van der Waals surface area contributed by atoms with Crippen LogP contribution in [0.3, 0.4) is 0 Å². The van der Waals surface area contributed by atoms with E-state index in [4.69, 9.17) is 16.3 Å². The number of anilines is 1. The van der Waals surface area contributed by atoms with E-state index in [9.17, 15) is 5.11 Å². The van der Waals surface area contributed by atoms with Crippen LogP contribution < -0.4 is 14.4 Å². The van der Waals surface area contributed by atoms with Gasteiger partial charge in [-0.25, -0.2) is 0 Å². The molecule has 0 aliphatic carbocycles. The van der Waals surface area contributed by atoms with Crippen molar-refractivity contribution in [3.63, 3.8) is 0 Å². The molecule has 0 aromatic heterocycles. The summed E-state index contributed by atoms with van der Waals surface area (Å²) in [4.78, 5) is 3.33. The van der Waals surface area contributed by atoms with Gasteiger partial charge >= 0.3 is 0 Å². The Labute approximate surface area is 179 Å². The first-order valence-corrected chi connectivity index (χ1v) is 9.61. The van der Waals surface area contributed by atoms with E-state index in [-0.39, 0.29) is 18.8 Å². The van der Waals surface area contributed by atoms with Gasteiger partial charge in [-0.3, -0.25) is 4.90 Å². The maximum Gasteiger partial charge on any atom is 0.142 e. The van der Waals surface area contributed by atoms with Gasteiger partial charge < -0.3 is 19.5 Å². The number of rotatable bonds is 7. The number of hydrogen-bond acceptors (Lipinski definition) is 5. The largest absolute Gasteiger partial charge is 0.495 e. The Morgan fingerprint density at radius 2 is 1.66 bits per heavy atom. The van der Waals surface area contributed by atoms with Crippen LogP contribution in [0.4, 0.5) is 5.69 Å². The third-order valence-corrected chi connectivity index (χ3v) is 4.98. The molecule has 0 amide bonds. The molecule has 1 heterocycles. The maximum absolute atomic E-state index is 10.9. The fourth-order valence-corrected chi connectivity index (χ4v) is 3.51. The minimum Gasteiger partial charge on any atom is -0.495 e. The molecular formula is C24H28N2O3. The Morgan fingerprint density at radius 3 is 2.48 bits per heavy atom. The van der Waals surface area contributed by atoms with Gasteiger partial charge in [0.2, 0.25) is 0 Å². The first kappa shape index (κ1) is 14.3. The summed E-state index contributed by atoms with van der Waals surface area (Å²) in [5, 5.41) is 12.3. The van der Waals surface area contributed by atoms with E-state index in [1.165, 1.54) is 11.0 Å². The molecule has 0 radical (unpaired) electrons. The van der Waals surface area contributed by atoms with Crippen LogP contribution in [0.25, 0.3) is 10.8 Å². The summed E-state index contributed by atoms with van der Waals surface area (Å²) < 4.78 is 53.1. The van der Waals surface area contributed by atoms with Crippen molar-refractivity contribution in [2.24, 2.45) is 0 Å². The molecule has 1 aliphatic heterocycles. The molecule has 1 fully saturated rings. The second-order valence-electron chi connectivity index (χ2n) is 6.79. The number of fused-ring (bicyclic) bond motifs is 1. The minimum absolute atomic E-state index is 0.130. The molecule has 1 aliphatic rings. The van der Waals surface area contributed by atoms with E-state index in [0.717, 1.165) is 11.1 Å². The van der Waals surface area contributed by atoms with Crippen LogP contribution in [0.5, 0.6) is 11.5 Å². The summed E-state index contributed by atoms with van der Waals surface area (Å²) in [7, 11) is 1.59. The fraction of sp³-hybridized carbons (Fsp3) is 0.333. The van der Waals surface area contributed by atoms with Crippen LogP contribution in [0.15, 0.2) is 66.7 Å². The second-order valence-corrected chi connectivity index (χ2v) is 6.79. The SMILES string of the molecule is [2H]C([2H])(Oc1cccc2ccccc12)C([2H])(O)C([2H])([2H])N1CCN(c2ccccc2OC)CC1. The maximum atomic E-state index is 10.9. The van der Waals surface area contributed by atoms with Crippen LogP contribution >= 0.6 is 0 Å². The third-order valence-electron chi connectivity index (χ3n) is 4.98. The first-order valence-electron chi connectivity index (χ1n) is 12.1. The summed E-state index contributed by atoms with van der Waals surface area (Å²) in [6, 6.07) is 19.8. The van der Waals surface area contributed by atoms with Crippen molar-refractivity contribution in [3.8, 4) is 11.5 Å². The molecule has 152 valence electrons. The van der Waals surface area contributed by atoms with E-state index >= 15 is 0 Å². The standard InChI is InChI=1S/C24H28N2O3/c1-28-24-11-5-4-10-22(24)26-15-13-25(14-16-26)17-20(27)18-29-23-12-6-8-19-7-2-3-9-21(19)23/h2-12,20,27H,13-18H2,1H3/i17D2,18D2,20D. The summed E-state index contributed by atoms with van der Waals surface area (Å²) in [6.07, 6.45) is -3.22. The highest BCUT2D eigenvalue weighted by molar-refractivity contribution is 5.88. The van der Waals surface area contributed by atoms with Crippen LogP contribution in [-0.4, -0.2) is 62.4 Å². The normalized spacial score (nSPS) is 20.6. The van der Waals surface area contributed by atoms with E-state index in [0.29, 0.717) is 24.2 Å². The predicted octanol–water partition coefficient (Wildman–Crippen LogP) is 3.41. The lowest BCUT2D eigenvalue weighted by atomic mass is 10.1. The molecule has 0 spiro atoms. The first-order chi connectivity index (χ1) is 16.1. The van der Waals surface area contributed by atoms with Gasteiger partial charge in [0, 0.05) is 40.8 Å². The van der Waals surface area contributed by atoms with Crippen molar-refractivity contribution >= 4 is 16.5 Å². The number of β-amino-alcohol motifs (C(OH)–C–C–N with tert-alkyl or cyclic N) is 1. The average Bonchev–Trinajstić information content (AvgIpc) is 2.84. The van der Waals surface area contributed by atoms with Crippen molar-refractivity contribution in [2.45, 2.75) is 6.08 Å². The molecule has 1 N–H and O–H groups in total. The van der Waals surface area contributed by atoms with Crippen molar-refractivity contribution < 1.29 is 21.4 Å². The van der Waals surface area contributed by atoms with Crippen LogP contribution in [0.1, 0.15) is 6.85 Å². The fourth-order valence-electron chi connectivity index (χ4n) is 3.51. The third kappa shape index (κ3) is 4.63. The monoisotopic (exact) mass is 397 g/mol. The van der Waals surface area contributed by atoms with Crippen molar-refractivity contribution in [1.29, 1.82) is 0 Å². The lowest BCUT2D eigenvalue weighted by Crippen LogP contribution is -2.49. The molecule has 5 heteroatoms. The molecule has 0 saturated carbocycles.